The highest BCUT2D eigenvalue weighted by atomic mass is 35.5. The maximum absolute atomic E-state index is 13.2. The number of nitrogens with two attached hydrogens (primary N) is 1. The van der Waals surface area contributed by atoms with Gasteiger partial charge in [-0.05, 0) is 56.3 Å². The summed E-state index contributed by atoms with van der Waals surface area (Å²) in [7, 11) is 1.46. The number of pyridine rings is 1. The van der Waals surface area contributed by atoms with E-state index < -0.39 is 5.63 Å². The van der Waals surface area contributed by atoms with E-state index in [4.69, 9.17) is 26.5 Å². The molecule has 3 heterocycles. The average Bonchev–Trinajstić information content (AvgIpc) is 2.94. The lowest BCUT2D eigenvalue weighted by Gasteiger charge is -2.35. The summed E-state index contributed by atoms with van der Waals surface area (Å²) in [5.74, 6) is 0.619. The number of ether oxygens (including phenoxy) is 1. The van der Waals surface area contributed by atoms with Crippen molar-refractivity contribution in [1.82, 2.24) is 9.88 Å². The molecular formula is C30H32ClN5O4. The number of piperazine rings is 1. The van der Waals surface area contributed by atoms with Gasteiger partial charge in [0.2, 0.25) is 0 Å². The fourth-order valence-electron chi connectivity index (χ4n) is 5.14. The number of nitrogens with zero attached hydrogens (tertiary/aromatic N) is 3. The molecule has 1 aliphatic rings. The Kier molecular flexibility index (Phi) is 7.69. The highest BCUT2D eigenvalue weighted by Gasteiger charge is 2.22. The molecule has 0 atom stereocenters. The largest absolute Gasteiger partial charge is 0.495 e. The molecule has 3 N–H and O–H groups in total. The number of Topliss-reactive ketones (excluding diaryl/α,β-unsaturated/α-hetero) is 1. The third kappa shape index (κ3) is 5.22. The van der Waals surface area contributed by atoms with Crippen LogP contribution in [0.2, 0.25) is 5.02 Å². The van der Waals surface area contributed by atoms with Crippen LogP contribution in [0.25, 0.3) is 22.1 Å². The van der Waals surface area contributed by atoms with Crippen molar-refractivity contribution in [2.45, 2.75) is 20.8 Å². The van der Waals surface area contributed by atoms with E-state index in [0.29, 0.717) is 50.6 Å². The molecule has 1 saturated heterocycles. The van der Waals surface area contributed by atoms with E-state index in [1.54, 1.807) is 31.3 Å². The Morgan fingerprint density at radius 3 is 2.58 bits per heavy atom. The molecule has 1 fully saturated rings. The van der Waals surface area contributed by atoms with E-state index in [1.165, 1.54) is 14.0 Å². The summed E-state index contributed by atoms with van der Waals surface area (Å²) in [6.07, 6.45) is 1.61. The number of carbonyl (C=O) groups excluding carboxylic acids is 1. The molecule has 0 amide bonds. The van der Waals surface area contributed by atoms with Gasteiger partial charge in [-0.15, -0.1) is 0 Å². The Morgan fingerprint density at radius 1 is 1.18 bits per heavy atom. The van der Waals surface area contributed by atoms with Crippen molar-refractivity contribution >= 4 is 51.2 Å². The Bertz CT molecular complexity index is 1660. The van der Waals surface area contributed by atoms with Crippen LogP contribution in [-0.4, -0.2) is 55.5 Å². The molecule has 2 aromatic heterocycles. The van der Waals surface area contributed by atoms with Crippen LogP contribution in [0.1, 0.15) is 29.8 Å². The first kappa shape index (κ1) is 27.5. The van der Waals surface area contributed by atoms with Crippen molar-refractivity contribution in [1.29, 1.82) is 0 Å². The van der Waals surface area contributed by atoms with Crippen LogP contribution in [0.3, 0.4) is 0 Å². The minimum Gasteiger partial charge on any atom is -0.495 e. The molecule has 0 unspecified atom stereocenters. The number of rotatable bonds is 7. The van der Waals surface area contributed by atoms with Crippen LogP contribution in [0.4, 0.5) is 22.9 Å². The summed E-state index contributed by atoms with van der Waals surface area (Å²) >= 11 is 6.59. The maximum atomic E-state index is 13.2. The van der Waals surface area contributed by atoms with Gasteiger partial charge in [0.15, 0.2) is 5.78 Å². The molecule has 0 saturated carbocycles. The molecule has 0 aliphatic carbocycles. The number of ketones is 1. The van der Waals surface area contributed by atoms with Crippen LogP contribution in [0, 0.1) is 6.92 Å². The predicted octanol–water partition coefficient (Wildman–Crippen LogP) is 5.50. The van der Waals surface area contributed by atoms with Crippen molar-refractivity contribution in [2.24, 2.45) is 0 Å². The first-order valence-corrected chi connectivity index (χ1v) is 13.5. The van der Waals surface area contributed by atoms with E-state index in [-0.39, 0.29) is 16.4 Å². The smallest absolute Gasteiger partial charge is 0.344 e. The first-order chi connectivity index (χ1) is 19.2. The average molecular weight is 562 g/mol. The van der Waals surface area contributed by atoms with Crippen LogP contribution < -0.4 is 26.3 Å². The zero-order valence-corrected chi connectivity index (χ0v) is 23.8. The van der Waals surface area contributed by atoms with E-state index >= 15 is 0 Å². The van der Waals surface area contributed by atoms with E-state index in [1.807, 2.05) is 18.2 Å². The molecule has 0 bridgehead atoms. The summed E-state index contributed by atoms with van der Waals surface area (Å²) in [4.78, 5) is 34.7. The highest BCUT2D eigenvalue weighted by Crippen LogP contribution is 2.40. The van der Waals surface area contributed by atoms with Gasteiger partial charge in [0, 0.05) is 60.6 Å². The summed E-state index contributed by atoms with van der Waals surface area (Å²) in [5.41, 5.74) is 10.1. The monoisotopic (exact) mass is 561 g/mol. The Hall–Kier alpha value is -4.08. The number of nitrogens with one attached hydrogen (secondary N) is 1. The third-order valence-corrected chi connectivity index (χ3v) is 7.83. The lowest BCUT2D eigenvalue weighted by atomic mass is 9.94. The molecule has 0 spiro atoms. The highest BCUT2D eigenvalue weighted by molar-refractivity contribution is 6.35. The van der Waals surface area contributed by atoms with Gasteiger partial charge in [-0.1, -0.05) is 18.5 Å². The summed E-state index contributed by atoms with van der Waals surface area (Å²) in [6, 6.07) is 10.8. The minimum atomic E-state index is -0.593. The lowest BCUT2D eigenvalue weighted by Crippen LogP contribution is -2.46. The fraction of sp³-hybridized carbons (Fsp3) is 0.300. The summed E-state index contributed by atoms with van der Waals surface area (Å²) in [6.45, 7) is 10.4. The third-order valence-electron chi connectivity index (χ3n) is 7.46. The second-order valence-electron chi connectivity index (χ2n) is 9.87. The zero-order valence-electron chi connectivity index (χ0n) is 23.0. The van der Waals surface area contributed by atoms with Gasteiger partial charge in [-0.25, -0.2) is 9.78 Å². The number of nitrogen functional groups attached to an aromatic ring is 1. The van der Waals surface area contributed by atoms with Gasteiger partial charge in [0.25, 0.3) is 0 Å². The number of likely N-dealkylation sites (N-methyl/N-ethyl adjacent to an activating group) is 1. The van der Waals surface area contributed by atoms with Gasteiger partial charge in [-0.2, -0.15) is 0 Å². The van der Waals surface area contributed by atoms with Crippen molar-refractivity contribution in [3.8, 4) is 16.9 Å². The van der Waals surface area contributed by atoms with Crippen LogP contribution in [-0.2, 0) is 0 Å². The quantitative estimate of drug-likeness (QED) is 0.223. The van der Waals surface area contributed by atoms with E-state index in [0.717, 1.165) is 38.4 Å². The van der Waals surface area contributed by atoms with Crippen molar-refractivity contribution < 1.29 is 13.9 Å². The number of fused-ring (bicyclic) bond motifs is 1. The summed E-state index contributed by atoms with van der Waals surface area (Å²) < 4.78 is 11.1. The Labute approximate surface area is 237 Å². The van der Waals surface area contributed by atoms with Crippen molar-refractivity contribution in [3.63, 3.8) is 0 Å². The van der Waals surface area contributed by atoms with Crippen LogP contribution in [0.5, 0.6) is 5.75 Å². The first-order valence-electron chi connectivity index (χ1n) is 13.2. The molecule has 0 radical (unpaired) electrons. The standard InChI is InChI=1S/C30H32ClN5O4/c1-5-35-8-10-36(11-9-35)20-6-7-24(23(32)13-20)34-27-15-25-19(16-33-27)12-22(30(38)40-25)28-17(2)21(18(3)37)14-26(39-4)29(28)31/h6-7,12-16H,5,8-11,32H2,1-4H3,(H,33,34). The number of halogens is 1. The molecule has 9 nitrogen and oxygen atoms in total. The summed E-state index contributed by atoms with van der Waals surface area (Å²) in [5, 5.41) is 4.06. The van der Waals surface area contributed by atoms with Crippen LogP contribution in [0.15, 0.2) is 51.8 Å². The number of benzene rings is 2. The molecule has 1 aliphatic heterocycles. The minimum absolute atomic E-state index is 0.164. The van der Waals surface area contributed by atoms with Crippen molar-refractivity contribution in [2.75, 3.05) is 55.8 Å². The Morgan fingerprint density at radius 2 is 1.93 bits per heavy atom. The zero-order chi connectivity index (χ0) is 28.6. The number of anilines is 4. The van der Waals surface area contributed by atoms with Crippen molar-refractivity contribution in [3.05, 3.63) is 69.2 Å². The van der Waals surface area contributed by atoms with Gasteiger partial charge in [-0.3, -0.25) is 4.79 Å². The number of methoxy groups -OCH3 is 1. The normalized spacial score (nSPS) is 14.0. The van der Waals surface area contributed by atoms with Gasteiger partial charge < -0.3 is 30.0 Å². The van der Waals surface area contributed by atoms with Gasteiger partial charge >= 0.3 is 5.63 Å². The topological polar surface area (TPSA) is 114 Å². The fourth-order valence-corrected chi connectivity index (χ4v) is 5.51. The number of aromatic nitrogens is 1. The molecule has 208 valence electrons. The van der Waals surface area contributed by atoms with E-state index in [9.17, 15) is 9.59 Å². The predicted molar refractivity (Wildman–Crippen MR) is 160 cm³/mol. The molecule has 4 aromatic rings. The van der Waals surface area contributed by atoms with E-state index in [2.05, 4.69) is 27.0 Å². The Balaban J connectivity index is 1.44. The molecule has 2 aromatic carbocycles. The second-order valence-corrected chi connectivity index (χ2v) is 10.2. The second kappa shape index (κ2) is 11.2. The number of hydrogen-bond acceptors (Lipinski definition) is 9. The SMILES string of the molecule is CCN1CCN(c2ccc(Nc3cc4oc(=O)c(-c5c(C)c(C(C)=O)cc(OC)c5Cl)cc4cn3)c(N)c2)CC1. The lowest BCUT2D eigenvalue weighted by molar-refractivity contribution is 0.101. The molecule has 5 rings (SSSR count). The van der Waals surface area contributed by atoms with Crippen LogP contribution >= 0.6 is 11.6 Å². The number of carbonyl (C=O) groups is 1. The number of hydrogen-bond donors (Lipinski definition) is 2. The molecule has 10 heteroatoms. The molecular weight excluding hydrogens is 530 g/mol. The molecule has 40 heavy (non-hydrogen) atoms. The van der Waals surface area contributed by atoms with Gasteiger partial charge in [0.05, 0.1) is 29.1 Å². The maximum Gasteiger partial charge on any atom is 0.344 e. The van der Waals surface area contributed by atoms with Gasteiger partial charge in [0.1, 0.15) is 17.2 Å².